The van der Waals surface area contributed by atoms with Gasteiger partial charge in [-0.2, -0.15) is 4.52 Å². The van der Waals surface area contributed by atoms with E-state index >= 15 is 0 Å². The first kappa shape index (κ1) is 24.1. The van der Waals surface area contributed by atoms with Crippen LogP contribution in [0.4, 0.5) is 0 Å². The van der Waals surface area contributed by atoms with E-state index in [1.807, 2.05) is 13.0 Å². The molecule has 0 fully saturated rings. The summed E-state index contributed by atoms with van der Waals surface area (Å²) in [6, 6.07) is 14.2. The summed E-state index contributed by atoms with van der Waals surface area (Å²) < 4.78 is 23.5. The Morgan fingerprint density at radius 1 is 1.00 bits per heavy atom. The van der Waals surface area contributed by atoms with Crippen molar-refractivity contribution in [2.24, 2.45) is 0 Å². The molecular formula is C24H24ClN5O5. The number of rotatable bonds is 10. The first-order valence-corrected chi connectivity index (χ1v) is 11.1. The predicted octanol–water partition coefficient (Wildman–Crippen LogP) is 3.34. The number of hydrogen-bond donors (Lipinski definition) is 1. The zero-order chi connectivity index (χ0) is 24.8. The molecule has 0 aliphatic carbocycles. The zero-order valence-corrected chi connectivity index (χ0v) is 20.2. The molecule has 2 aromatic carbocycles. The number of fused-ring (bicyclic) bond motifs is 1. The number of amides is 1. The van der Waals surface area contributed by atoms with Crippen LogP contribution < -0.4 is 24.3 Å². The van der Waals surface area contributed by atoms with Crippen molar-refractivity contribution < 1.29 is 23.7 Å². The maximum atomic E-state index is 12.1. The topological polar surface area (TPSA) is 109 Å². The van der Waals surface area contributed by atoms with E-state index in [0.29, 0.717) is 45.2 Å². The Bertz CT molecular complexity index is 1340. The summed E-state index contributed by atoms with van der Waals surface area (Å²) in [5.41, 5.74) is 2.20. The lowest BCUT2D eigenvalue weighted by Crippen LogP contribution is -2.32. The van der Waals surface area contributed by atoms with Gasteiger partial charge in [0.15, 0.2) is 18.1 Å². The molecule has 0 bridgehead atoms. The van der Waals surface area contributed by atoms with Crippen molar-refractivity contribution in [1.82, 2.24) is 25.1 Å². The van der Waals surface area contributed by atoms with Gasteiger partial charge in [-0.05, 0) is 48.9 Å². The van der Waals surface area contributed by atoms with Gasteiger partial charge in [0.2, 0.25) is 5.88 Å². The van der Waals surface area contributed by atoms with E-state index in [2.05, 4.69) is 20.6 Å². The first-order valence-electron chi connectivity index (χ1n) is 10.7. The van der Waals surface area contributed by atoms with Gasteiger partial charge in [0.05, 0.1) is 31.4 Å². The fourth-order valence-electron chi connectivity index (χ4n) is 3.27. The molecule has 0 aliphatic heterocycles. The molecule has 0 saturated heterocycles. The molecule has 2 heterocycles. The van der Waals surface area contributed by atoms with Gasteiger partial charge in [-0.15, -0.1) is 15.3 Å². The predicted molar refractivity (Wildman–Crippen MR) is 130 cm³/mol. The van der Waals surface area contributed by atoms with Crippen LogP contribution in [0.2, 0.25) is 5.02 Å². The van der Waals surface area contributed by atoms with Crippen molar-refractivity contribution in [1.29, 1.82) is 0 Å². The monoisotopic (exact) mass is 497 g/mol. The Morgan fingerprint density at radius 2 is 1.86 bits per heavy atom. The zero-order valence-electron chi connectivity index (χ0n) is 19.4. The van der Waals surface area contributed by atoms with Crippen LogP contribution in [0.1, 0.15) is 5.56 Å². The summed E-state index contributed by atoms with van der Waals surface area (Å²) in [5.74, 6) is 2.24. The molecule has 4 rings (SSSR count). The molecule has 182 valence electrons. The highest BCUT2D eigenvalue weighted by atomic mass is 35.5. The second-order valence-corrected chi connectivity index (χ2v) is 7.86. The smallest absolute Gasteiger partial charge is 0.258 e. The summed E-state index contributed by atoms with van der Waals surface area (Å²) in [5, 5.41) is 16.1. The van der Waals surface area contributed by atoms with Gasteiger partial charge in [0, 0.05) is 6.07 Å². The van der Waals surface area contributed by atoms with Crippen LogP contribution in [-0.4, -0.2) is 59.7 Å². The van der Waals surface area contributed by atoms with E-state index in [-0.39, 0.29) is 25.7 Å². The summed E-state index contributed by atoms with van der Waals surface area (Å²) in [7, 11) is 3.16. The van der Waals surface area contributed by atoms with Gasteiger partial charge < -0.3 is 24.3 Å². The van der Waals surface area contributed by atoms with E-state index in [9.17, 15) is 4.79 Å². The van der Waals surface area contributed by atoms with Crippen molar-refractivity contribution in [3.63, 3.8) is 0 Å². The second-order valence-electron chi connectivity index (χ2n) is 7.45. The molecule has 4 aromatic rings. The minimum absolute atomic E-state index is 0.153. The van der Waals surface area contributed by atoms with Gasteiger partial charge in [-0.25, -0.2) is 0 Å². The Kier molecular flexibility index (Phi) is 7.51. The number of ether oxygens (including phenoxy) is 4. The number of nitrogens with zero attached hydrogens (tertiary/aromatic N) is 4. The van der Waals surface area contributed by atoms with Gasteiger partial charge >= 0.3 is 0 Å². The Morgan fingerprint density at radius 3 is 2.66 bits per heavy atom. The summed E-state index contributed by atoms with van der Waals surface area (Å²) in [6.45, 7) is 2.24. The number of aryl methyl sites for hydroxylation is 1. The summed E-state index contributed by atoms with van der Waals surface area (Å²) >= 11 is 6.08. The number of methoxy groups -OCH3 is 2. The van der Waals surface area contributed by atoms with Crippen molar-refractivity contribution >= 4 is 23.2 Å². The average Bonchev–Trinajstić information content (AvgIpc) is 3.29. The van der Waals surface area contributed by atoms with Gasteiger partial charge in [-0.1, -0.05) is 17.7 Å². The van der Waals surface area contributed by atoms with Gasteiger partial charge in [0.1, 0.15) is 23.9 Å². The number of aromatic nitrogens is 4. The van der Waals surface area contributed by atoms with Gasteiger partial charge in [0.25, 0.3) is 5.91 Å². The number of nitrogens with one attached hydrogen (secondary N) is 1. The lowest BCUT2D eigenvalue weighted by molar-refractivity contribution is -0.123. The molecule has 35 heavy (non-hydrogen) atoms. The minimum Gasteiger partial charge on any atom is -0.497 e. The maximum Gasteiger partial charge on any atom is 0.258 e. The lowest BCUT2D eigenvalue weighted by atomic mass is 10.2. The van der Waals surface area contributed by atoms with Crippen molar-refractivity contribution in [3.05, 3.63) is 59.1 Å². The molecule has 0 spiro atoms. The number of carbonyl (C=O) groups excluding carboxylic acids is 1. The highest BCUT2D eigenvalue weighted by Crippen LogP contribution is 2.32. The molecule has 0 radical (unpaired) electrons. The molecule has 11 heteroatoms. The van der Waals surface area contributed by atoms with Gasteiger partial charge in [-0.3, -0.25) is 4.79 Å². The third-order valence-corrected chi connectivity index (χ3v) is 5.32. The number of carbonyl (C=O) groups is 1. The summed E-state index contributed by atoms with van der Waals surface area (Å²) in [6.07, 6.45) is 0. The number of hydrogen-bond acceptors (Lipinski definition) is 8. The quantitative estimate of drug-likeness (QED) is 0.332. The van der Waals surface area contributed by atoms with Crippen molar-refractivity contribution in [2.75, 3.05) is 34.0 Å². The van der Waals surface area contributed by atoms with Crippen LogP contribution in [0.25, 0.3) is 17.0 Å². The third-order valence-electron chi connectivity index (χ3n) is 5.01. The molecule has 0 atom stereocenters. The highest BCUT2D eigenvalue weighted by molar-refractivity contribution is 6.32. The van der Waals surface area contributed by atoms with Crippen LogP contribution in [0.3, 0.4) is 0 Å². The Labute approximate surface area is 206 Å². The molecule has 0 saturated carbocycles. The standard InChI is InChI=1S/C24H24ClN5O5/c1-15-4-6-18(25)20(12-15)35-14-22(31)26-10-11-34-23-9-8-21-27-28-24(30(21)29-23)17-13-16(32-2)5-7-19(17)33-3/h4-9,12-13H,10-11,14H2,1-3H3,(H,26,31). The Hall–Kier alpha value is -4.05. The second kappa shape index (κ2) is 10.9. The molecular weight excluding hydrogens is 474 g/mol. The number of halogens is 1. The van der Waals surface area contributed by atoms with E-state index in [1.54, 1.807) is 61.2 Å². The van der Waals surface area contributed by atoms with Crippen LogP contribution >= 0.6 is 11.6 Å². The van der Waals surface area contributed by atoms with Crippen molar-refractivity contribution in [2.45, 2.75) is 6.92 Å². The molecule has 1 N–H and O–H groups in total. The Balaban J connectivity index is 1.36. The summed E-state index contributed by atoms with van der Waals surface area (Å²) in [4.78, 5) is 12.1. The fourth-order valence-corrected chi connectivity index (χ4v) is 3.44. The third kappa shape index (κ3) is 5.72. The molecule has 0 aliphatic rings. The van der Waals surface area contributed by atoms with Crippen LogP contribution in [0.15, 0.2) is 48.5 Å². The SMILES string of the molecule is COc1ccc(OC)c(-c2nnc3ccc(OCCNC(=O)COc4cc(C)ccc4Cl)nn23)c1. The van der Waals surface area contributed by atoms with E-state index in [0.717, 1.165) is 5.56 Å². The van der Waals surface area contributed by atoms with E-state index in [4.69, 9.17) is 30.5 Å². The molecule has 1 amide bonds. The average molecular weight is 498 g/mol. The van der Waals surface area contributed by atoms with Crippen molar-refractivity contribution in [3.8, 4) is 34.5 Å². The van der Waals surface area contributed by atoms with E-state index < -0.39 is 0 Å². The fraction of sp³-hybridized carbons (Fsp3) is 0.250. The van der Waals surface area contributed by atoms with Crippen LogP contribution in [0, 0.1) is 6.92 Å². The normalized spacial score (nSPS) is 10.7. The lowest BCUT2D eigenvalue weighted by Gasteiger charge is -2.11. The minimum atomic E-state index is -0.291. The maximum absolute atomic E-state index is 12.1. The molecule has 2 aromatic heterocycles. The molecule has 10 nitrogen and oxygen atoms in total. The first-order chi connectivity index (χ1) is 17.0. The highest BCUT2D eigenvalue weighted by Gasteiger charge is 2.16. The van der Waals surface area contributed by atoms with Crippen LogP contribution in [0.5, 0.6) is 23.1 Å². The molecule has 0 unspecified atom stereocenters. The number of benzene rings is 2. The largest absolute Gasteiger partial charge is 0.497 e. The van der Waals surface area contributed by atoms with E-state index in [1.165, 1.54) is 0 Å². The van der Waals surface area contributed by atoms with Crippen LogP contribution in [-0.2, 0) is 4.79 Å².